The summed E-state index contributed by atoms with van der Waals surface area (Å²) < 4.78 is 2.17. The molecular weight excluding hydrogens is 200 g/mol. The van der Waals surface area contributed by atoms with Crippen molar-refractivity contribution in [1.29, 1.82) is 0 Å². The van der Waals surface area contributed by atoms with E-state index in [9.17, 15) is 0 Å². The van der Waals surface area contributed by atoms with Gasteiger partial charge in [0.1, 0.15) is 0 Å². The Morgan fingerprint density at radius 3 is 3.00 bits per heavy atom. The summed E-state index contributed by atoms with van der Waals surface area (Å²) in [4.78, 5) is 6.63. The monoisotopic (exact) mass is 218 g/mol. The molecule has 2 rings (SSSR count). The molecule has 0 aliphatic rings. The molecule has 86 valence electrons. The maximum absolute atomic E-state index is 5.72. The van der Waals surface area contributed by atoms with Crippen molar-refractivity contribution in [1.82, 2.24) is 14.5 Å². The Morgan fingerprint density at radius 2 is 2.25 bits per heavy atom. The van der Waals surface area contributed by atoms with Gasteiger partial charge in [0.25, 0.3) is 0 Å². The molecule has 1 aromatic carbocycles. The van der Waals surface area contributed by atoms with Gasteiger partial charge in [-0.1, -0.05) is 6.92 Å². The smallest absolute Gasteiger partial charge is 0.0958 e. The predicted molar refractivity (Wildman–Crippen MR) is 67.3 cm³/mol. The minimum atomic E-state index is 0.767. The highest BCUT2D eigenvalue weighted by Crippen LogP contribution is 2.15. The molecular formula is C12H18N4. The lowest BCUT2D eigenvalue weighted by Crippen LogP contribution is -2.22. The third kappa shape index (κ3) is 2.17. The SMILES string of the molecule is CCN(C)CCn1cnc2cc(N)ccc21. The fourth-order valence-corrected chi connectivity index (χ4v) is 1.70. The molecule has 0 saturated heterocycles. The molecule has 0 aliphatic carbocycles. The Morgan fingerprint density at radius 1 is 1.44 bits per heavy atom. The van der Waals surface area contributed by atoms with E-state index in [1.54, 1.807) is 0 Å². The molecule has 0 saturated carbocycles. The van der Waals surface area contributed by atoms with Gasteiger partial charge in [-0.25, -0.2) is 4.98 Å². The molecule has 0 amide bonds. The Labute approximate surface area is 95.7 Å². The molecule has 0 spiro atoms. The summed E-state index contributed by atoms with van der Waals surface area (Å²) in [5.74, 6) is 0. The average molecular weight is 218 g/mol. The minimum absolute atomic E-state index is 0.767. The van der Waals surface area contributed by atoms with Crippen LogP contribution in [0.25, 0.3) is 11.0 Å². The number of fused-ring (bicyclic) bond motifs is 1. The number of likely N-dealkylation sites (N-methyl/N-ethyl adjacent to an activating group) is 1. The van der Waals surface area contributed by atoms with Crippen molar-refractivity contribution < 1.29 is 0 Å². The second kappa shape index (κ2) is 4.53. The van der Waals surface area contributed by atoms with E-state index in [0.29, 0.717) is 0 Å². The van der Waals surface area contributed by atoms with Crippen LogP contribution in [0.2, 0.25) is 0 Å². The summed E-state index contributed by atoms with van der Waals surface area (Å²) in [6.07, 6.45) is 1.88. The number of aromatic nitrogens is 2. The predicted octanol–water partition coefficient (Wildman–Crippen LogP) is 1.57. The van der Waals surface area contributed by atoms with Gasteiger partial charge in [-0.2, -0.15) is 0 Å². The Bertz CT molecular complexity index is 475. The standard InChI is InChI=1S/C12H18N4/c1-3-15(2)6-7-16-9-14-11-8-10(13)4-5-12(11)16/h4-5,8-9H,3,6-7,13H2,1-2H3. The molecule has 2 N–H and O–H groups in total. The number of benzene rings is 1. The van der Waals surface area contributed by atoms with Crippen LogP contribution in [0.15, 0.2) is 24.5 Å². The molecule has 0 radical (unpaired) electrons. The van der Waals surface area contributed by atoms with Gasteiger partial charge in [0, 0.05) is 18.8 Å². The van der Waals surface area contributed by atoms with E-state index in [2.05, 4.69) is 28.4 Å². The van der Waals surface area contributed by atoms with Gasteiger partial charge in [-0.3, -0.25) is 0 Å². The highest BCUT2D eigenvalue weighted by Gasteiger charge is 2.03. The zero-order chi connectivity index (χ0) is 11.5. The van der Waals surface area contributed by atoms with Crippen molar-refractivity contribution in [3.05, 3.63) is 24.5 Å². The third-order valence-electron chi connectivity index (χ3n) is 2.91. The van der Waals surface area contributed by atoms with Crippen molar-refractivity contribution in [3.63, 3.8) is 0 Å². The second-order valence-corrected chi connectivity index (χ2v) is 4.08. The summed E-state index contributed by atoms with van der Waals surface area (Å²) in [5.41, 5.74) is 8.61. The van der Waals surface area contributed by atoms with Gasteiger partial charge in [0.2, 0.25) is 0 Å². The first-order valence-corrected chi connectivity index (χ1v) is 5.59. The fraction of sp³-hybridized carbons (Fsp3) is 0.417. The van der Waals surface area contributed by atoms with Crippen molar-refractivity contribution in [2.45, 2.75) is 13.5 Å². The number of hydrogen-bond acceptors (Lipinski definition) is 3. The van der Waals surface area contributed by atoms with Crippen molar-refractivity contribution >= 4 is 16.7 Å². The molecule has 2 aromatic rings. The molecule has 4 nitrogen and oxygen atoms in total. The number of nitrogens with zero attached hydrogens (tertiary/aromatic N) is 3. The van der Waals surface area contributed by atoms with Gasteiger partial charge in [0.15, 0.2) is 0 Å². The molecule has 4 heteroatoms. The molecule has 0 atom stereocenters. The Kier molecular flexibility index (Phi) is 3.10. The summed E-state index contributed by atoms with van der Waals surface area (Å²) >= 11 is 0. The summed E-state index contributed by atoms with van der Waals surface area (Å²) in [6.45, 7) is 5.23. The zero-order valence-corrected chi connectivity index (χ0v) is 9.85. The van der Waals surface area contributed by atoms with Crippen LogP contribution < -0.4 is 5.73 Å². The number of rotatable bonds is 4. The first kappa shape index (κ1) is 11.0. The normalized spacial score (nSPS) is 11.4. The van der Waals surface area contributed by atoms with E-state index in [0.717, 1.165) is 36.4 Å². The van der Waals surface area contributed by atoms with E-state index in [1.165, 1.54) is 0 Å². The van der Waals surface area contributed by atoms with Gasteiger partial charge < -0.3 is 15.2 Å². The van der Waals surface area contributed by atoms with E-state index in [-0.39, 0.29) is 0 Å². The largest absolute Gasteiger partial charge is 0.399 e. The van der Waals surface area contributed by atoms with Crippen LogP contribution in [-0.2, 0) is 6.54 Å². The van der Waals surface area contributed by atoms with Crippen LogP contribution in [0, 0.1) is 0 Å². The third-order valence-corrected chi connectivity index (χ3v) is 2.91. The maximum Gasteiger partial charge on any atom is 0.0958 e. The van der Waals surface area contributed by atoms with Gasteiger partial charge in [-0.15, -0.1) is 0 Å². The fourth-order valence-electron chi connectivity index (χ4n) is 1.70. The number of nitrogen functional groups attached to an aromatic ring is 1. The molecule has 0 bridgehead atoms. The van der Waals surface area contributed by atoms with Crippen LogP contribution in [0.4, 0.5) is 5.69 Å². The molecule has 1 heterocycles. The van der Waals surface area contributed by atoms with Crippen molar-refractivity contribution in [2.24, 2.45) is 0 Å². The van der Waals surface area contributed by atoms with Crippen LogP contribution >= 0.6 is 0 Å². The molecule has 0 aliphatic heterocycles. The summed E-state index contributed by atoms with van der Waals surface area (Å²) in [6, 6.07) is 5.86. The second-order valence-electron chi connectivity index (χ2n) is 4.08. The first-order chi connectivity index (χ1) is 7.70. The lowest BCUT2D eigenvalue weighted by molar-refractivity contribution is 0.337. The van der Waals surface area contributed by atoms with Gasteiger partial charge in [-0.05, 0) is 31.8 Å². The van der Waals surface area contributed by atoms with E-state index in [4.69, 9.17) is 5.73 Å². The number of nitrogens with two attached hydrogens (primary N) is 1. The first-order valence-electron chi connectivity index (χ1n) is 5.59. The van der Waals surface area contributed by atoms with Crippen molar-refractivity contribution in [2.75, 3.05) is 25.9 Å². The van der Waals surface area contributed by atoms with E-state index >= 15 is 0 Å². The van der Waals surface area contributed by atoms with Crippen molar-refractivity contribution in [3.8, 4) is 0 Å². The highest BCUT2D eigenvalue weighted by molar-refractivity contribution is 5.78. The lowest BCUT2D eigenvalue weighted by atomic mass is 10.3. The molecule has 0 unspecified atom stereocenters. The highest BCUT2D eigenvalue weighted by atomic mass is 15.1. The maximum atomic E-state index is 5.72. The topological polar surface area (TPSA) is 47.1 Å². The molecule has 1 aromatic heterocycles. The van der Waals surface area contributed by atoms with Crippen LogP contribution in [0.3, 0.4) is 0 Å². The molecule has 16 heavy (non-hydrogen) atoms. The quantitative estimate of drug-likeness (QED) is 0.792. The summed E-state index contributed by atoms with van der Waals surface area (Å²) in [5, 5.41) is 0. The van der Waals surface area contributed by atoms with E-state index < -0.39 is 0 Å². The number of anilines is 1. The van der Waals surface area contributed by atoms with Crippen LogP contribution in [0.5, 0.6) is 0 Å². The number of hydrogen-bond donors (Lipinski definition) is 1. The van der Waals surface area contributed by atoms with Crippen LogP contribution in [0.1, 0.15) is 6.92 Å². The van der Waals surface area contributed by atoms with Gasteiger partial charge >= 0.3 is 0 Å². The zero-order valence-electron chi connectivity index (χ0n) is 9.85. The Hall–Kier alpha value is -1.55. The molecule has 0 fully saturated rings. The average Bonchev–Trinajstić information content (AvgIpc) is 2.68. The Balaban J connectivity index is 2.19. The van der Waals surface area contributed by atoms with Gasteiger partial charge in [0.05, 0.1) is 17.4 Å². The van der Waals surface area contributed by atoms with E-state index in [1.807, 2.05) is 24.5 Å². The van der Waals surface area contributed by atoms with Crippen LogP contribution in [-0.4, -0.2) is 34.6 Å². The lowest BCUT2D eigenvalue weighted by Gasteiger charge is -2.14. The number of imidazole rings is 1. The minimum Gasteiger partial charge on any atom is -0.399 e. The summed E-state index contributed by atoms with van der Waals surface area (Å²) in [7, 11) is 2.12.